The zero-order valence-corrected chi connectivity index (χ0v) is 8.62. The summed E-state index contributed by atoms with van der Waals surface area (Å²) in [6.07, 6.45) is 4.16. The summed E-state index contributed by atoms with van der Waals surface area (Å²) >= 11 is 0. The molecule has 1 nitrogen and oxygen atoms in total. The van der Waals surface area contributed by atoms with Gasteiger partial charge < -0.3 is 4.98 Å². The van der Waals surface area contributed by atoms with Crippen LogP contribution in [-0.2, 0) is 0 Å². The number of rotatable bonds is 0. The van der Waals surface area contributed by atoms with Crippen LogP contribution in [0.15, 0.2) is 42.6 Å². The Labute approximate surface area is 85.4 Å². The molecule has 66 valence electrons. The molecule has 0 bridgehead atoms. The molecule has 0 unspecified atom stereocenters. The van der Waals surface area contributed by atoms with Crippen LogP contribution >= 0.6 is 0 Å². The first-order valence-electron chi connectivity index (χ1n) is 4.64. The molecule has 1 heterocycles. The maximum atomic E-state index is 3.25. The molecule has 0 fully saturated rings. The molecule has 0 saturated carbocycles. The van der Waals surface area contributed by atoms with Gasteiger partial charge in [-0.2, -0.15) is 0 Å². The van der Waals surface area contributed by atoms with Gasteiger partial charge in [-0.15, -0.1) is 0 Å². The lowest BCUT2D eigenvalue weighted by atomic mass is 10.1. The van der Waals surface area contributed by atoms with E-state index in [1.165, 1.54) is 21.5 Å². The van der Waals surface area contributed by atoms with Crippen LogP contribution in [0.25, 0.3) is 16.8 Å². The van der Waals surface area contributed by atoms with Crippen LogP contribution in [0.4, 0.5) is 0 Å². The van der Waals surface area contributed by atoms with Crippen LogP contribution in [0.3, 0.4) is 0 Å². The van der Waals surface area contributed by atoms with Crippen molar-refractivity contribution in [1.82, 2.24) is 4.98 Å². The van der Waals surface area contributed by atoms with Gasteiger partial charge in [-0.1, -0.05) is 30.3 Å². The first-order chi connectivity index (χ1) is 6.93. The van der Waals surface area contributed by atoms with E-state index in [0.29, 0.717) is 9.68 Å². The van der Waals surface area contributed by atoms with Crippen molar-refractivity contribution in [2.45, 2.75) is 0 Å². The Kier molecular flexibility index (Phi) is 1.67. The summed E-state index contributed by atoms with van der Waals surface area (Å²) in [6.45, 7) is 0. The molecular formula is C12H9NSi. The number of hydrogen-bond acceptors (Lipinski definition) is 1. The Hall–Kier alpha value is -1.54. The highest BCUT2D eigenvalue weighted by atomic mass is 28.2. The number of hydrogen-bond donors (Lipinski definition) is 1. The number of benzene rings is 2. The molecule has 2 radical (unpaired) electrons. The fraction of sp³-hybridized carbons (Fsp3) is 0. The van der Waals surface area contributed by atoms with E-state index < -0.39 is 0 Å². The summed E-state index contributed by atoms with van der Waals surface area (Å²) in [7, 11) is 0.699. The van der Waals surface area contributed by atoms with Gasteiger partial charge in [0.2, 0.25) is 9.68 Å². The monoisotopic (exact) mass is 195 g/mol. The Balaban J connectivity index is 2.34. The Morgan fingerprint density at radius 2 is 1.79 bits per heavy atom. The summed E-state index contributed by atoms with van der Waals surface area (Å²) in [4.78, 5) is 3.25. The molecule has 0 spiro atoms. The lowest BCUT2D eigenvalue weighted by Crippen LogP contribution is -2.31. The topological polar surface area (TPSA) is 12.0 Å². The maximum Gasteiger partial charge on any atom is 0.219 e. The van der Waals surface area contributed by atoms with Gasteiger partial charge in [-0.3, -0.25) is 0 Å². The first-order valence-corrected chi connectivity index (χ1v) is 5.64. The molecule has 3 rings (SSSR count). The van der Waals surface area contributed by atoms with Gasteiger partial charge in [0.05, 0.1) is 0 Å². The molecule has 1 aliphatic rings. The van der Waals surface area contributed by atoms with Gasteiger partial charge in [-0.05, 0) is 39.9 Å². The second-order valence-corrected chi connectivity index (χ2v) is 4.47. The lowest BCUT2D eigenvalue weighted by Gasteiger charge is -2.11. The molecule has 1 N–H and O–H groups in total. The van der Waals surface area contributed by atoms with Crippen LogP contribution in [-0.4, -0.2) is 9.68 Å². The van der Waals surface area contributed by atoms with E-state index in [1.807, 2.05) is 6.20 Å². The van der Waals surface area contributed by atoms with E-state index in [0.717, 1.165) is 0 Å². The Morgan fingerprint density at radius 3 is 2.64 bits per heavy atom. The second kappa shape index (κ2) is 2.99. The van der Waals surface area contributed by atoms with E-state index in [2.05, 4.69) is 47.5 Å². The van der Waals surface area contributed by atoms with Gasteiger partial charge in [-0.25, -0.2) is 0 Å². The summed E-state index contributed by atoms with van der Waals surface area (Å²) in [5, 5.41) is 4.06. The van der Waals surface area contributed by atoms with E-state index in [-0.39, 0.29) is 0 Å². The van der Waals surface area contributed by atoms with E-state index in [9.17, 15) is 0 Å². The average molecular weight is 195 g/mol. The standard InChI is InChI=1S/C12H9NSi/c1-2-4-10-8-12-11(5-6-13-14-12)7-9(10)3-1/h1-8,13H. The zero-order valence-electron chi connectivity index (χ0n) is 7.62. The van der Waals surface area contributed by atoms with Crippen LogP contribution in [0.5, 0.6) is 0 Å². The molecule has 0 saturated heterocycles. The summed E-state index contributed by atoms with van der Waals surface area (Å²) < 4.78 is 0. The van der Waals surface area contributed by atoms with Gasteiger partial charge in [0, 0.05) is 0 Å². The maximum absolute atomic E-state index is 3.25. The molecule has 0 amide bonds. The lowest BCUT2D eigenvalue weighted by molar-refractivity contribution is 1.37. The van der Waals surface area contributed by atoms with Gasteiger partial charge in [0.25, 0.3) is 0 Å². The average Bonchev–Trinajstić information content (AvgIpc) is 2.26. The normalized spacial score (nSPS) is 13.7. The van der Waals surface area contributed by atoms with Crippen LogP contribution < -0.4 is 10.2 Å². The molecule has 1 aliphatic heterocycles. The predicted molar refractivity (Wildman–Crippen MR) is 61.5 cm³/mol. The Morgan fingerprint density at radius 1 is 1.00 bits per heavy atom. The van der Waals surface area contributed by atoms with E-state index in [1.54, 1.807) is 0 Å². The minimum atomic E-state index is 0.699. The van der Waals surface area contributed by atoms with Crippen molar-refractivity contribution in [3.63, 3.8) is 0 Å². The zero-order chi connectivity index (χ0) is 9.38. The third-order valence-electron chi connectivity index (χ3n) is 2.47. The molecule has 2 aromatic carbocycles. The molecule has 0 aliphatic carbocycles. The van der Waals surface area contributed by atoms with Crippen molar-refractivity contribution in [2.24, 2.45) is 0 Å². The fourth-order valence-electron chi connectivity index (χ4n) is 1.75. The van der Waals surface area contributed by atoms with Crippen molar-refractivity contribution in [1.29, 1.82) is 0 Å². The third kappa shape index (κ3) is 1.15. The highest BCUT2D eigenvalue weighted by molar-refractivity contribution is 6.53. The predicted octanol–water partition coefficient (Wildman–Crippen LogP) is 1.66. The second-order valence-electron chi connectivity index (χ2n) is 3.39. The molecule has 14 heavy (non-hydrogen) atoms. The van der Waals surface area contributed by atoms with Crippen LogP contribution in [0.1, 0.15) is 5.56 Å². The van der Waals surface area contributed by atoms with Crippen molar-refractivity contribution in [2.75, 3.05) is 0 Å². The van der Waals surface area contributed by atoms with Gasteiger partial charge in [0.1, 0.15) is 0 Å². The molecular weight excluding hydrogens is 186 g/mol. The minimum Gasteiger partial charge on any atom is -0.414 e. The summed E-state index contributed by atoms with van der Waals surface area (Å²) in [5.41, 5.74) is 1.35. The number of fused-ring (bicyclic) bond motifs is 2. The summed E-state index contributed by atoms with van der Waals surface area (Å²) in [6, 6.07) is 13.0. The van der Waals surface area contributed by atoms with Crippen LogP contribution in [0.2, 0.25) is 0 Å². The fourth-order valence-corrected chi connectivity index (χ4v) is 2.60. The van der Waals surface area contributed by atoms with Crippen molar-refractivity contribution < 1.29 is 0 Å². The minimum absolute atomic E-state index is 0.699. The molecule has 0 atom stereocenters. The third-order valence-corrected chi connectivity index (χ3v) is 3.48. The largest absolute Gasteiger partial charge is 0.414 e. The molecule has 2 aromatic rings. The van der Waals surface area contributed by atoms with Crippen molar-refractivity contribution in [3.8, 4) is 0 Å². The highest BCUT2D eigenvalue weighted by Crippen LogP contribution is 2.15. The quantitative estimate of drug-likeness (QED) is 0.630. The highest BCUT2D eigenvalue weighted by Gasteiger charge is 2.06. The van der Waals surface area contributed by atoms with Crippen molar-refractivity contribution in [3.05, 3.63) is 48.2 Å². The Bertz CT molecular complexity index is 517. The summed E-state index contributed by atoms with van der Waals surface area (Å²) in [5.74, 6) is 0. The van der Waals surface area contributed by atoms with E-state index >= 15 is 0 Å². The number of nitrogens with one attached hydrogen (secondary N) is 1. The first kappa shape index (κ1) is 7.82. The van der Waals surface area contributed by atoms with Crippen LogP contribution in [0, 0.1) is 0 Å². The van der Waals surface area contributed by atoms with E-state index in [4.69, 9.17) is 0 Å². The van der Waals surface area contributed by atoms with Gasteiger partial charge >= 0.3 is 0 Å². The smallest absolute Gasteiger partial charge is 0.219 e. The molecule has 2 heteroatoms. The molecule has 0 aromatic heterocycles. The van der Waals surface area contributed by atoms with Gasteiger partial charge in [0.15, 0.2) is 0 Å². The SMILES string of the molecule is C1=Cc2cc3ccccc3cc2[Si]N1. The van der Waals surface area contributed by atoms with Crippen molar-refractivity contribution >= 4 is 31.7 Å².